The number of nitrogens with one attached hydrogen (secondary N) is 4. The minimum absolute atomic E-state index is 0.165. The van der Waals surface area contributed by atoms with E-state index in [1.54, 1.807) is 93.3 Å². The molecule has 0 saturated heterocycles. The van der Waals surface area contributed by atoms with Gasteiger partial charge < -0.3 is 57.8 Å². The molecule has 6 aromatic carbocycles. The fourth-order valence-corrected chi connectivity index (χ4v) is 14.4. The lowest BCUT2D eigenvalue weighted by Gasteiger charge is -2.11. The number of H-pyrrole nitrogens is 4. The molecule has 10 heterocycles. The van der Waals surface area contributed by atoms with E-state index in [0.29, 0.717) is 136 Å². The molecule has 20 heteroatoms. The first-order chi connectivity index (χ1) is 54.8. The number of nitrogens with zero attached hydrogens (tertiary/aromatic N) is 8. The van der Waals surface area contributed by atoms with Crippen molar-refractivity contribution in [3.05, 3.63) is 237 Å². The van der Waals surface area contributed by atoms with Gasteiger partial charge in [0.2, 0.25) is 0 Å². The van der Waals surface area contributed by atoms with Gasteiger partial charge in [0.25, 0.3) is 0 Å². The number of rotatable bonds is 14. The Morgan fingerprint density at radius 1 is 0.241 bits per heavy atom. The number of benzene rings is 6. The van der Waals surface area contributed by atoms with Crippen LogP contribution in [0, 0.1) is 57.2 Å². The molecule has 16 rings (SSSR count). The van der Waals surface area contributed by atoms with Crippen molar-refractivity contribution < 1.29 is 37.9 Å². The molecule has 12 aromatic rings. The molecule has 16 bridgehead atoms. The standard InChI is InChI=1S/C92H64N12O8/c1-105-61-35-55(36-62(43-61)106-2)87-73-23-19-69(97-73)85(70-20-24-74(98-70)88(56-37-63(107-3)44-64(38-56)108-4)76-26-28-78(102-76)89(77-27-25-75(87)101-77)57-39-65(109-5)45-66(40-57)110-6)53-15-11-51(12-16-53)9-10-52-13-17-54(18-14-52)86-71-21-31-81(99-71)91(59(47-93)48-94)83-33-29-79(103-83)90(58-41-67(111-7)46-68(42-58)112-8)80-30-34-84(104-80)92(60(49-95)50-96)82-32-22-72(86)100-82/h11-46,97,99,102,104H,1-8H3. The average Bonchev–Trinajstić information content (AvgIpc) is 1.60. The maximum Gasteiger partial charge on any atom is 0.141 e. The van der Waals surface area contributed by atoms with Gasteiger partial charge in [0, 0.05) is 102 Å². The Labute approximate surface area is 642 Å². The number of nitriles is 4. The molecule has 0 radical (unpaired) electrons. The van der Waals surface area contributed by atoms with Crippen LogP contribution in [0.5, 0.6) is 46.0 Å². The van der Waals surface area contributed by atoms with E-state index in [9.17, 15) is 21.0 Å². The highest BCUT2D eigenvalue weighted by atomic mass is 16.5. The van der Waals surface area contributed by atoms with Gasteiger partial charge in [-0.3, -0.25) is 0 Å². The first kappa shape index (κ1) is 70.5. The van der Waals surface area contributed by atoms with Gasteiger partial charge in [-0.05, 0) is 203 Å². The largest absolute Gasteiger partial charge is 0.497 e. The quantitative estimate of drug-likeness (QED) is 0.0736. The summed E-state index contributed by atoms with van der Waals surface area (Å²) < 4.78 is 46.6. The van der Waals surface area contributed by atoms with Crippen molar-refractivity contribution >= 4 is 104 Å². The predicted molar refractivity (Wildman–Crippen MR) is 437 cm³/mol. The van der Waals surface area contributed by atoms with Crippen LogP contribution in [0.15, 0.2) is 170 Å². The Balaban J connectivity index is 0.850. The summed E-state index contributed by atoms with van der Waals surface area (Å²) in [6.45, 7) is 0. The van der Waals surface area contributed by atoms with E-state index in [-0.39, 0.29) is 21.6 Å². The van der Waals surface area contributed by atoms with Crippen LogP contribution in [0.4, 0.5) is 0 Å². The number of ether oxygens (including phenoxy) is 8. The SMILES string of the molecule is COc1cc(OC)cc(-c2c3nc(c(-c4cc(OC)cc(OC)c4)c4ccc([nH]4)c(-c4cc(OC)cc(OC)c4)c4nc(c(-c5ccc(C#Cc6ccc(-c7c8nc(c(=C(C#N)C#N)c9ccc([nH]9)c(-c9cc(OC)cc(OC)c9)c9nc(c(=C(C#N)C#N)c%10ccc7[nH]%10)C=C9)C=C8)cc6)cc5)c5ccc2[nH]5)C=C4)C=C3)c1. The number of aromatic amines is 4. The van der Waals surface area contributed by atoms with E-state index in [0.717, 1.165) is 77.7 Å². The van der Waals surface area contributed by atoms with Crippen molar-refractivity contribution in [3.8, 4) is 149 Å². The van der Waals surface area contributed by atoms with E-state index in [2.05, 4.69) is 68.2 Å². The van der Waals surface area contributed by atoms with Crippen molar-refractivity contribution in [2.75, 3.05) is 56.9 Å². The van der Waals surface area contributed by atoms with Crippen LogP contribution in [0.1, 0.15) is 56.7 Å². The van der Waals surface area contributed by atoms with Gasteiger partial charge in [0.1, 0.15) is 81.4 Å². The molecule has 4 aliphatic rings. The molecule has 6 aromatic heterocycles. The van der Waals surface area contributed by atoms with Crippen LogP contribution in [-0.2, 0) is 0 Å². The van der Waals surface area contributed by atoms with Crippen molar-refractivity contribution in [1.29, 1.82) is 21.0 Å². The summed E-state index contributed by atoms with van der Waals surface area (Å²) in [6.07, 6.45) is 15.2. The Morgan fingerprint density at radius 3 is 0.661 bits per heavy atom. The van der Waals surface area contributed by atoms with Crippen LogP contribution < -0.4 is 48.3 Å². The molecule has 0 fully saturated rings. The molecule has 0 amide bonds. The summed E-state index contributed by atoms with van der Waals surface area (Å²) in [5, 5.41) is 42.8. The van der Waals surface area contributed by atoms with E-state index in [4.69, 9.17) is 57.8 Å². The summed E-state index contributed by atoms with van der Waals surface area (Å²) >= 11 is 0. The fourth-order valence-electron chi connectivity index (χ4n) is 14.4. The lowest BCUT2D eigenvalue weighted by Crippen LogP contribution is -2.10. The number of hydrogen-bond acceptors (Lipinski definition) is 16. The van der Waals surface area contributed by atoms with Crippen LogP contribution in [0.3, 0.4) is 0 Å². The second-order valence-electron chi connectivity index (χ2n) is 26.0. The Morgan fingerprint density at radius 2 is 0.438 bits per heavy atom. The minimum Gasteiger partial charge on any atom is -0.497 e. The number of hydrogen-bond donors (Lipinski definition) is 4. The van der Waals surface area contributed by atoms with E-state index in [1.165, 1.54) is 0 Å². The molecule has 112 heavy (non-hydrogen) atoms. The third-order valence-electron chi connectivity index (χ3n) is 19.7. The topological polar surface area (TPSA) is 284 Å². The summed E-state index contributed by atoms with van der Waals surface area (Å²) in [5.74, 6) is 11.4. The van der Waals surface area contributed by atoms with Crippen molar-refractivity contribution in [1.82, 2.24) is 39.9 Å². The number of fused-ring (bicyclic) bond motifs is 16. The minimum atomic E-state index is -0.165. The van der Waals surface area contributed by atoms with Crippen molar-refractivity contribution in [3.63, 3.8) is 0 Å². The molecule has 4 N–H and O–H groups in total. The number of aromatic nitrogens is 8. The predicted octanol–water partition coefficient (Wildman–Crippen LogP) is 17.5. The zero-order valence-electron chi connectivity index (χ0n) is 61.6. The second-order valence-corrected chi connectivity index (χ2v) is 26.0. The van der Waals surface area contributed by atoms with Crippen molar-refractivity contribution in [2.24, 2.45) is 0 Å². The Bertz CT molecular complexity index is 6660. The maximum atomic E-state index is 10.6. The van der Waals surface area contributed by atoms with Crippen LogP contribution in [0.25, 0.3) is 171 Å². The Hall–Kier alpha value is -15.8. The van der Waals surface area contributed by atoms with E-state index < -0.39 is 0 Å². The summed E-state index contributed by atoms with van der Waals surface area (Å²) in [6, 6.07) is 62.5. The molecular formula is C92H64N12O8. The highest BCUT2D eigenvalue weighted by Gasteiger charge is 2.24. The van der Waals surface area contributed by atoms with Crippen LogP contribution >= 0.6 is 0 Å². The van der Waals surface area contributed by atoms with Gasteiger partial charge in [-0.25, -0.2) is 19.9 Å². The van der Waals surface area contributed by atoms with Gasteiger partial charge >= 0.3 is 0 Å². The molecular weight excluding hydrogens is 1400 g/mol. The normalized spacial score (nSPS) is 11.5. The molecule has 540 valence electrons. The summed E-state index contributed by atoms with van der Waals surface area (Å²) in [5.41, 5.74) is 19.5. The molecule has 0 atom stereocenters. The van der Waals surface area contributed by atoms with Crippen molar-refractivity contribution in [2.45, 2.75) is 0 Å². The van der Waals surface area contributed by atoms with Crippen LogP contribution in [0.2, 0.25) is 0 Å². The molecule has 20 nitrogen and oxygen atoms in total. The molecule has 0 saturated carbocycles. The average molecular weight is 1470 g/mol. The highest BCUT2D eigenvalue weighted by molar-refractivity contribution is 6.02. The zero-order chi connectivity index (χ0) is 77.3. The smallest absolute Gasteiger partial charge is 0.141 e. The van der Waals surface area contributed by atoms with E-state index in [1.807, 2.05) is 170 Å². The zero-order valence-corrected chi connectivity index (χ0v) is 61.6. The third-order valence-corrected chi connectivity index (χ3v) is 19.7. The molecule has 0 spiro atoms. The third kappa shape index (κ3) is 13.2. The lowest BCUT2D eigenvalue weighted by molar-refractivity contribution is 0.394. The van der Waals surface area contributed by atoms with Gasteiger partial charge in [-0.1, -0.05) is 36.1 Å². The Kier molecular flexibility index (Phi) is 18.8. The first-order valence-corrected chi connectivity index (χ1v) is 35.2. The van der Waals surface area contributed by atoms with E-state index >= 15 is 0 Å². The first-order valence-electron chi connectivity index (χ1n) is 35.2. The maximum absolute atomic E-state index is 10.6. The monoisotopic (exact) mass is 1460 g/mol. The molecule has 4 aliphatic heterocycles. The summed E-state index contributed by atoms with van der Waals surface area (Å²) in [7, 11) is 12.9. The molecule has 0 unspecified atom stereocenters. The lowest BCUT2D eigenvalue weighted by atomic mass is 10.0. The summed E-state index contributed by atoms with van der Waals surface area (Å²) in [4.78, 5) is 36.0. The van der Waals surface area contributed by atoms with Crippen LogP contribution in [-0.4, -0.2) is 96.8 Å². The van der Waals surface area contributed by atoms with Gasteiger partial charge in [-0.15, -0.1) is 0 Å². The fraction of sp³-hybridized carbons (Fsp3) is 0.0870. The second kappa shape index (κ2) is 29.8. The number of methoxy groups -OCH3 is 8. The van der Waals surface area contributed by atoms with Gasteiger partial charge in [-0.2, -0.15) is 21.0 Å². The highest BCUT2D eigenvalue weighted by Crippen LogP contribution is 2.44. The molecule has 0 aliphatic carbocycles. The van der Waals surface area contributed by atoms with Gasteiger partial charge in [0.15, 0.2) is 0 Å². The van der Waals surface area contributed by atoms with Gasteiger partial charge in [0.05, 0.1) is 124 Å².